The maximum Gasteiger partial charge on any atom is 0.261 e. The van der Waals surface area contributed by atoms with E-state index in [1.54, 1.807) is 12.1 Å². The van der Waals surface area contributed by atoms with Gasteiger partial charge in [-0.1, -0.05) is 37.4 Å². The summed E-state index contributed by atoms with van der Waals surface area (Å²) >= 11 is 9.44. The van der Waals surface area contributed by atoms with Crippen molar-refractivity contribution in [3.63, 3.8) is 0 Å². The number of aryl methyl sites for hydroxylation is 1. The van der Waals surface area contributed by atoms with Gasteiger partial charge in [-0.15, -0.1) is 0 Å². The topological polar surface area (TPSA) is 75.3 Å². The van der Waals surface area contributed by atoms with Crippen molar-refractivity contribution in [3.05, 3.63) is 57.0 Å². The number of benzene rings is 2. The lowest BCUT2D eigenvalue weighted by Gasteiger charge is -2.12. The number of sulfonamides is 1. The van der Waals surface area contributed by atoms with Gasteiger partial charge in [0.1, 0.15) is 0 Å². The van der Waals surface area contributed by atoms with Crippen LogP contribution in [0.3, 0.4) is 0 Å². The standard InChI is InChI=1S/C19H22BrClN2O3S/c1-3-4-5-10-22-19(24)15-12-14(7-9-17(15)21)27(25,26)23-18-11-13(2)6-8-16(18)20/h6-9,11-12,23H,3-5,10H2,1-2H3,(H,22,24). The van der Waals surface area contributed by atoms with Gasteiger partial charge in [-0.2, -0.15) is 0 Å². The molecule has 0 bridgehead atoms. The number of carbonyl (C=O) groups excluding carboxylic acids is 1. The summed E-state index contributed by atoms with van der Waals surface area (Å²) in [7, 11) is -3.87. The third-order valence-electron chi connectivity index (χ3n) is 3.92. The summed E-state index contributed by atoms with van der Waals surface area (Å²) < 4.78 is 28.7. The second-order valence-electron chi connectivity index (χ2n) is 6.19. The Kier molecular flexibility index (Phi) is 7.70. The third kappa shape index (κ3) is 5.96. The van der Waals surface area contributed by atoms with Gasteiger partial charge in [0.25, 0.3) is 15.9 Å². The minimum Gasteiger partial charge on any atom is -0.352 e. The summed E-state index contributed by atoms with van der Waals surface area (Å²) in [5.74, 6) is -0.384. The summed E-state index contributed by atoms with van der Waals surface area (Å²) in [6, 6.07) is 9.45. The fourth-order valence-electron chi connectivity index (χ4n) is 2.44. The van der Waals surface area contributed by atoms with Crippen LogP contribution in [-0.4, -0.2) is 20.9 Å². The zero-order chi connectivity index (χ0) is 20.0. The Labute approximate surface area is 173 Å². The Morgan fingerprint density at radius 1 is 1.15 bits per heavy atom. The molecule has 146 valence electrons. The molecule has 0 spiro atoms. The Morgan fingerprint density at radius 2 is 1.89 bits per heavy atom. The third-order valence-corrected chi connectivity index (χ3v) is 6.31. The molecule has 0 aliphatic heterocycles. The number of rotatable bonds is 8. The van der Waals surface area contributed by atoms with Crippen LogP contribution in [0.25, 0.3) is 0 Å². The Bertz CT molecular complexity index is 933. The number of anilines is 1. The average Bonchev–Trinajstić information content (AvgIpc) is 2.61. The van der Waals surface area contributed by atoms with Gasteiger partial charge in [-0.05, 0) is 65.2 Å². The predicted molar refractivity (Wildman–Crippen MR) is 113 cm³/mol. The van der Waals surface area contributed by atoms with E-state index >= 15 is 0 Å². The van der Waals surface area contributed by atoms with Gasteiger partial charge in [0.2, 0.25) is 0 Å². The monoisotopic (exact) mass is 472 g/mol. The minimum atomic E-state index is -3.87. The summed E-state index contributed by atoms with van der Waals surface area (Å²) in [6.07, 6.45) is 2.92. The first-order chi connectivity index (χ1) is 12.7. The summed E-state index contributed by atoms with van der Waals surface area (Å²) in [5, 5.41) is 2.98. The molecule has 0 aliphatic rings. The maximum absolute atomic E-state index is 12.7. The number of hydrogen-bond acceptors (Lipinski definition) is 3. The van der Waals surface area contributed by atoms with E-state index in [1.165, 1.54) is 18.2 Å². The SMILES string of the molecule is CCCCCNC(=O)c1cc(S(=O)(=O)Nc2cc(C)ccc2Br)ccc1Cl. The highest BCUT2D eigenvalue weighted by atomic mass is 79.9. The zero-order valence-corrected chi connectivity index (χ0v) is 18.3. The van der Waals surface area contributed by atoms with Crippen LogP contribution < -0.4 is 10.0 Å². The lowest BCUT2D eigenvalue weighted by molar-refractivity contribution is 0.0953. The molecule has 2 aromatic rings. The highest BCUT2D eigenvalue weighted by Crippen LogP contribution is 2.27. The number of halogens is 2. The first-order valence-electron chi connectivity index (χ1n) is 8.61. The molecule has 2 rings (SSSR count). The van der Waals surface area contributed by atoms with E-state index in [0.29, 0.717) is 16.7 Å². The Hall–Kier alpha value is -1.57. The first kappa shape index (κ1) is 21.7. The molecular formula is C19H22BrClN2O3S. The molecule has 0 aromatic heterocycles. The van der Waals surface area contributed by atoms with Gasteiger partial charge in [0.05, 0.1) is 21.2 Å². The van der Waals surface area contributed by atoms with Crippen molar-refractivity contribution in [3.8, 4) is 0 Å². The van der Waals surface area contributed by atoms with Gasteiger partial charge in [-0.25, -0.2) is 8.42 Å². The smallest absolute Gasteiger partial charge is 0.261 e. The van der Waals surface area contributed by atoms with Crippen LogP contribution in [0.4, 0.5) is 5.69 Å². The second kappa shape index (κ2) is 9.57. The van der Waals surface area contributed by atoms with Crippen LogP contribution in [-0.2, 0) is 10.0 Å². The lowest BCUT2D eigenvalue weighted by Crippen LogP contribution is -2.25. The van der Waals surface area contributed by atoms with Crippen LogP contribution in [0.1, 0.15) is 42.1 Å². The molecule has 2 N–H and O–H groups in total. The summed E-state index contributed by atoms with van der Waals surface area (Å²) in [4.78, 5) is 12.3. The van der Waals surface area contributed by atoms with Crippen molar-refractivity contribution in [1.29, 1.82) is 0 Å². The fourth-order valence-corrected chi connectivity index (χ4v) is 4.22. The molecule has 2 aromatic carbocycles. The van der Waals surface area contributed by atoms with E-state index in [0.717, 1.165) is 24.8 Å². The molecule has 0 heterocycles. The molecule has 0 atom stereocenters. The van der Waals surface area contributed by atoms with Gasteiger partial charge in [0, 0.05) is 11.0 Å². The molecule has 5 nitrogen and oxygen atoms in total. The highest BCUT2D eigenvalue weighted by Gasteiger charge is 2.19. The van der Waals surface area contributed by atoms with Crippen LogP contribution in [0.5, 0.6) is 0 Å². The highest BCUT2D eigenvalue weighted by molar-refractivity contribution is 9.10. The normalized spacial score (nSPS) is 11.3. The molecule has 1 amide bonds. The van der Waals surface area contributed by atoms with E-state index in [1.807, 2.05) is 13.0 Å². The van der Waals surface area contributed by atoms with Crippen molar-refractivity contribution >= 4 is 49.1 Å². The number of carbonyl (C=O) groups is 1. The Morgan fingerprint density at radius 3 is 2.59 bits per heavy atom. The Balaban J connectivity index is 2.25. The fraction of sp³-hybridized carbons (Fsp3) is 0.316. The van der Waals surface area contributed by atoms with Crippen molar-refractivity contribution in [2.45, 2.75) is 38.0 Å². The van der Waals surface area contributed by atoms with Crippen molar-refractivity contribution in [1.82, 2.24) is 5.32 Å². The van der Waals surface area contributed by atoms with E-state index in [2.05, 4.69) is 32.9 Å². The molecule has 0 aliphatic carbocycles. The molecule has 0 saturated carbocycles. The van der Waals surface area contributed by atoms with Crippen molar-refractivity contribution in [2.24, 2.45) is 0 Å². The molecule has 0 unspecified atom stereocenters. The van der Waals surface area contributed by atoms with Gasteiger partial charge in [-0.3, -0.25) is 9.52 Å². The molecule has 0 radical (unpaired) electrons. The number of amides is 1. The van der Waals surface area contributed by atoms with Crippen LogP contribution in [0, 0.1) is 6.92 Å². The van der Waals surface area contributed by atoms with Crippen LogP contribution >= 0.6 is 27.5 Å². The predicted octanol–water partition coefficient (Wildman–Crippen LogP) is 5.13. The van der Waals surface area contributed by atoms with E-state index < -0.39 is 10.0 Å². The van der Waals surface area contributed by atoms with Gasteiger partial charge in [0.15, 0.2) is 0 Å². The zero-order valence-electron chi connectivity index (χ0n) is 15.2. The molecule has 8 heteroatoms. The molecule has 27 heavy (non-hydrogen) atoms. The van der Waals surface area contributed by atoms with Crippen molar-refractivity contribution < 1.29 is 13.2 Å². The maximum atomic E-state index is 12.7. The van der Waals surface area contributed by atoms with Crippen LogP contribution in [0.15, 0.2) is 45.8 Å². The van der Waals surface area contributed by atoms with Crippen molar-refractivity contribution in [2.75, 3.05) is 11.3 Å². The van der Waals surface area contributed by atoms with Crippen LogP contribution in [0.2, 0.25) is 5.02 Å². The molecule has 0 saturated heterocycles. The quantitative estimate of drug-likeness (QED) is 0.522. The number of unbranched alkanes of at least 4 members (excludes halogenated alkanes) is 2. The second-order valence-corrected chi connectivity index (χ2v) is 9.14. The van der Waals surface area contributed by atoms with Gasteiger partial charge < -0.3 is 5.32 Å². The summed E-state index contributed by atoms with van der Waals surface area (Å²) in [6.45, 7) is 4.47. The van der Waals surface area contributed by atoms with E-state index in [-0.39, 0.29) is 21.4 Å². The summed E-state index contributed by atoms with van der Waals surface area (Å²) in [5.41, 5.74) is 1.48. The number of nitrogens with one attached hydrogen (secondary N) is 2. The average molecular weight is 474 g/mol. The number of hydrogen-bond donors (Lipinski definition) is 2. The molecular weight excluding hydrogens is 452 g/mol. The van der Waals surface area contributed by atoms with Gasteiger partial charge >= 0.3 is 0 Å². The molecule has 0 fully saturated rings. The van der Waals surface area contributed by atoms with E-state index in [9.17, 15) is 13.2 Å². The van der Waals surface area contributed by atoms with E-state index in [4.69, 9.17) is 11.6 Å². The first-order valence-corrected chi connectivity index (χ1v) is 11.3. The minimum absolute atomic E-state index is 0.0287. The lowest BCUT2D eigenvalue weighted by atomic mass is 10.2. The largest absolute Gasteiger partial charge is 0.352 e.